The molecule has 0 radical (unpaired) electrons. The molecule has 1 rings (SSSR count). The van der Waals surface area contributed by atoms with E-state index in [1.807, 2.05) is 11.8 Å². The van der Waals surface area contributed by atoms with Gasteiger partial charge < -0.3 is 10.6 Å². The summed E-state index contributed by atoms with van der Waals surface area (Å²) in [5.74, 6) is 1.86. The number of nitrogens with two attached hydrogens (primary N) is 1. The largest absolute Gasteiger partial charge is 0.370 e. The summed E-state index contributed by atoms with van der Waals surface area (Å²) >= 11 is 2.01. The molecule has 4 heteroatoms. The third-order valence-corrected chi connectivity index (χ3v) is 3.91. The highest BCUT2D eigenvalue weighted by Crippen LogP contribution is 2.23. The van der Waals surface area contributed by atoms with Crippen LogP contribution in [0.15, 0.2) is 4.99 Å². The van der Waals surface area contributed by atoms with Crippen LogP contribution < -0.4 is 5.73 Å². The first-order chi connectivity index (χ1) is 6.52. The number of thioether (sulfide) groups is 1. The fourth-order valence-corrected chi connectivity index (χ4v) is 2.69. The molecule has 0 aromatic heterocycles. The molecule has 0 aromatic carbocycles. The predicted molar refractivity (Wildman–Crippen MR) is 64.8 cm³/mol. The Balaban J connectivity index is 2.66. The first-order valence-electron chi connectivity index (χ1n) is 5.24. The molecule has 2 N–H and O–H groups in total. The van der Waals surface area contributed by atoms with E-state index in [1.54, 1.807) is 0 Å². The Labute approximate surface area is 91.1 Å². The van der Waals surface area contributed by atoms with Crippen LogP contribution in [0.1, 0.15) is 27.7 Å². The van der Waals surface area contributed by atoms with Gasteiger partial charge in [0.25, 0.3) is 0 Å². The normalized spacial score (nSPS) is 29.8. The van der Waals surface area contributed by atoms with Crippen molar-refractivity contribution in [1.29, 1.82) is 0 Å². The molecule has 0 bridgehead atoms. The Morgan fingerprint density at radius 3 is 2.71 bits per heavy atom. The van der Waals surface area contributed by atoms with Gasteiger partial charge in [-0.25, -0.2) is 0 Å². The lowest BCUT2D eigenvalue weighted by Crippen LogP contribution is -2.51. The van der Waals surface area contributed by atoms with E-state index in [4.69, 9.17) is 5.73 Å². The molecule has 0 saturated carbocycles. The Morgan fingerprint density at radius 1 is 1.50 bits per heavy atom. The van der Waals surface area contributed by atoms with Gasteiger partial charge in [-0.3, -0.25) is 4.99 Å². The van der Waals surface area contributed by atoms with Crippen LogP contribution in [-0.2, 0) is 0 Å². The molecule has 2 unspecified atom stereocenters. The molecule has 14 heavy (non-hydrogen) atoms. The molecule has 0 aliphatic carbocycles. The van der Waals surface area contributed by atoms with Gasteiger partial charge in [0, 0.05) is 29.6 Å². The lowest BCUT2D eigenvalue weighted by Gasteiger charge is -2.38. The molecule has 82 valence electrons. The monoisotopic (exact) mass is 215 g/mol. The summed E-state index contributed by atoms with van der Waals surface area (Å²) in [6, 6.07) is 0.781. The van der Waals surface area contributed by atoms with E-state index in [9.17, 15) is 0 Å². The lowest BCUT2D eigenvalue weighted by molar-refractivity contribution is 0.329. The van der Waals surface area contributed by atoms with Crippen molar-refractivity contribution in [3.63, 3.8) is 0 Å². The second kappa shape index (κ2) is 4.91. The van der Waals surface area contributed by atoms with Gasteiger partial charge in [-0.15, -0.1) is 0 Å². The number of hydrogen-bond acceptors (Lipinski definition) is 2. The minimum atomic E-state index is 0.284. The lowest BCUT2D eigenvalue weighted by atomic mass is 10.2. The smallest absolute Gasteiger partial charge is 0.191 e. The Kier molecular flexibility index (Phi) is 4.11. The molecule has 0 spiro atoms. The van der Waals surface area contributed by atoms with Gasteiger partial charge in [-0.2, -0.15) is 11.8 Å². The van der Waals surface area contributed by atoms with Crippen molar-refractivity contribution < 1.29 is 0 Å². The fourth-order valence-electron chi connectivity index (χ4n) is 1.60. The van der Waals surface area contributed by atoms with E-state index in [0.717, 1.165) is 12.3 Å². The summed E-state index contributed by atoms with van der Waals surface area (Å²) in [6.07, 6.45) is 0. The van der Waals surface area contributed by atoms with Gasteiger partial charge in [0.15, 0.2) is 5.96 Å². The summed E-state index contributed by atoms with van der Waals surface area (Å²) in [4.78, 5) is 6.62. The van der Waals surface area contributed by atoms with E-state index in [-0.39, 0.29) is 6.04 Å². The molecule has 0 aromatic rings. The maximum atomic E-state index is 5.97. The number of hydrogen-bond donors (Lipinski definition) is 1. The molecular formula is C10H21N3S. The maximum Gasteiger partial charge on any atom is 0.191 e. The summed E-state index contributed by atoms with van der Waals surface area (Å²) < 4.78 is 0. The summed E-state index contributed by atoms with van der Waals surface area (Å²) in [7, 11) is 0. The van der Waals surface area contributed by atoms with Crippen LogP contribution in [0.25, 0.3) is 0 Å². The molecule has 0 amide bonds. The number of nitrogens with zero attached hydrogens (tertiary/aromatic N) is 2. The van der Waals surface area contributed by atoms with Crippen LogP contribution in [0.5, 0.6) is 0 Å². The highest BCUT2D eigenvalue weighted by molar-refractivity contribution is 8.00. The Morgan fingerprint density at radius 2 is 2.14 bits per heavy atom. The van der Waals surface area contributed by atoms with Gasteiger partial charge in [0.1, 0.15) is 0 Å². The molecule has 1 aliphatic rings. The predicted octanol–water partition coefficient (Wildman–Crippen LogP) is 1.54. The first-order valence-corrected chi connectivity index (χ1v) is 6.28. The van der Waals surface area contributed by atoms with E-state index >= 15 is 0 Å². The van der Waals surface area contributed by atoms with Gasteiger partial charge >= 0.3 is 0 Å². The van der Waals surface area contributed by atoms with Crippen LogP contribution in [0.4, 0.5) is 0 Å². The van der Waals surface area contributed by atoms with Crippen LogP contribution in [-0.4, -0.2) is 40.5 Å². The zero-order valence-electron chi connectivity index (χ0n) is 9.53. The molecular weight excluding hydrogens is 194 g/mol. The van der Waals surface area contributed by atoms with Gasteiger partial charge in [-0.1, -0.05) is 6.92 Å². The minimum absolute atomic E-state index is 0.284. The summed E-state index contributed by atoms with van der Waals surface area (Å²) in [6.45, 7) is 9.61. The first kappa shape index (κ1) is 11.7. The van der Waals surface area contributed by atoms with E-state index in [0.29, 0.717) is 17.3 Å². The van der Waals surface area contributed by atoms with E-state index in [2.05, 4.69) is 37.6 Å². The average molecular weight is 215 g/mol. The minimum Gasteiger partial charge on any atom is -0.370 e. The number of aliphatic imine (C=N–C) groups is 1. The van der Waals surface area contributed by atoms with Gasteiger partial charge in [-0.05, 0) is 20.8 Å². The van der Waals surface area contributed by atoms with Crippen molar-refractivity contribution in [3.8, 4) is 0 Å². The standard InChI is InChI=1S/C10H21N3S/c1-7(2)12-10(11)13-5-6-14-9(4)8(13)3/h7-9H,5-6H2,1-4H3,(H2,11,12). The van der Waals surface area contributed by atoms with Crippen molar-refractivity contribution in [1.82, 2.24) is 4.90 Å². The number of guanidine groups is 1. The van der Waals surface area contributed by atoms with Crippen molar-refractivity contribution in [2.75, 3.05) is 12.3 Å². The molecule has 1 heterocycles. The van der Waals surface area contributed by atoms with E-state index in [1.165, 1.54) is 0 Å². The molecule has 2 atom stereocenters. The molecule has 1 aliphatic heterocycles. The van der Waals surface area contributed by atoms with Gasteiger partial charge in [0.2, 0.25) is 0 Å². The highest BCUT2D eigenvalue weighted by Gasteiger charge is 2.26. The van der Waals surface area contributed by atoms with Crippen molar-refractivity contribution >= 4 is 17.7 Å². The molecule has 1 fully saturated rings. The average Bonchev–Trinajstić information content (AvgIpc) is 2.08. The maximum absolute atomic E-state index is 5.97. The molecule has 3 nitrogen and oxygen atoms in total. The van der Waals surface area contributed by atoms with Crippen molar-refractivity contribution in [2.24, 2.45) is 10.7 Å². The highest BCUT2D eigenvalue weighted by atomic mass is 32.2. The topological polar surface area (TPSA) is 41.6 Å². The second-order valence-electron chi connectivity index (χ2n) is 4.09. The second-order valence-corrected chi connectivity index (χ2v) is 5.58. The molecule has 1 saturated heterocycles. The quantitative estimate of drug-likeness (QED) is 0.533. The zero-order chi connectivity index (χ0) is 10.7. The third kappa shape index (κ3) is 2.80. The van der Waals surface area contributed by atoms with Crippen LogP contribution >= 0.6 is 11.8 Å². The third-order valence-electron chi connectivity index (χ3n) is 2.57. The SMILES string of the molecule is CC(C)N=C(N)N1CCSC(C)C1C. The summed E-state index contributed by atoms with van der Waals surface area (Å²) in [5, 5.41) is 0.643. The van der Waals surface area contributed by atoms with Crippen molar-refractivity contribution in [2.45, 2.75) is 45.0 Å². The van der Waals surface area contributed by atoms with Crippen LogP contribution in [0, 0.1) is 0 Å². The van der Waals surface area contributed by atoms with Gasteiger partial charge in [0.05, 0.1) is 0 Å². The van der Waals surface area contributed by atoms with E-state index < -0.39 is 0 Å². The zero-order valence-corrected chi connectivity index (χ0v) is 10.3. The number of rotatable bonds is 1. The van der Waals surface area contributed by atoms with Crippen LogP contribution in [0.2, 0.25) is 0 Å². The Bertz CT molecular complexity index is 215. The van der Waals surface area contributed by atoms with Crippen molar-refractivity contribution in [3.05, 3.63) is 0 Å². The summed E-state index contributed by atoms with van der Waals surface area (Å²) in [5.41, 5.74) is 5.97. The Hall–Kier alpha value is -0.380. The van der Waals surface area contributed by atoms with Crippen LogP contribution in [0.3, 0.4) is 0 Å². The fraction of sp³-hybridized carbons (Fsp3) is 0.900.